The number of rotatable bonds is 5. The molecule has 2 unspecified atom stereocenters. The van der Waals surface area contributed by atoms with Crippen molar-refractivity contribution in [3.8, 4) is 28.7 Å². The number of carbonyl (C=O) groups excluding carboxylic acids is 1. The van der Waals surface area contributed by atoms with Crippen molar-refractivity contribution in [1.82, 2.24) is 15.1 Å². The van der Waals surface area contributed by atoms with E-state index in [1.54, 1.807) is 20.8 Å². The summed E-state index contributed by atoms with van der Waals surface area (Å²) in [6.07, 6.45) is -5.86. The van der Waals surface area contributed by atoms with Crippen LogP contribution in [0.25, 0.3) is 16.3 Å². The SMILES string of the molecule is [C-]#[N+]c1ccc(OC2C(=O)N(C(C)c3nnc(-c4ccc(O)cc4O)o3)CC2(C)C)cc1C(F)(F)F. The smallest absolute Gasteiger partial charge is 0.407 e. The Kier molecular flexibility index (Phi) is 6.03. The minimum absolute atomic E-state index is 0.0207. The molecule has 1 amide bonds. The van der Waals surface area contributed by atoms with Gasteiger partial charge in [0.05, 0.1) is 17.7 Å². The maximum absolute atomic E-state index is 13.4. The van der Waals surface area contributed by atoms with Gasteiger partial charge >= 0.3 is 6.18 Å². The summed E-state index contributed by atoms with van der Waals surface area (Å²) in [4.78, 5) is 17.6. The number of carbonyl (C=O) groups is 1. The van der Waals surface area contributed by atoms with Crippen molar-refractivity contribution in [3.63, 3.8) is 0 Å². The maximum Gasteiger partial charge on any atom is 0.407 e. The molecule has 12 heteroatoms. The quantitative estimate of drug-likeness (QED) is 0.467. The van der Waals surface area contributed by atoms with E-state index >= 15 is 0 Å². The van der Waals surface area contributed by atoms with E-state index in [4.69, 9.17) is 15.7 Å². The van der Waals surface area contributed by atoms with E-state index in [2.05, 4.69) is 15.0 Å². The first-order valence-electron chi connectivity index (χ1n) is 10.7. The molecule has 2 atom stereocenters. The molecule has 36 heavy (non-hydrogen) atoms. The second kappa shape index (κ2) is 8.75. The van der Waals surface area contributed by atoms with Crippen LogP contribution in [0, 0.1) is 12.0 Å². The Morgan fingerprint density at radius 1 is 1.22 bits per heavy atom. The lowest BCUT2D eigenvalue weighted by Gasteiger charge is -2.25. The van der Waals surface area contributed by atoms with Crippen LogP contribution >= 0.6 is 0 Å². The highest BCUT2D eigenvalue weighted by Gasteiger charge is 2.50. The monoisotopic (exact) mass is 502 g/mol. The van der Waals surface area contributed by atoms with Gasteiger partial charge in [-0.25, -0.2) is 4.85 Å². The highest BCUT2D eigenvalue weighted by Crippen LogP contribution is 2.42. The summed E-state index contributed by atoms with van der Waals surface area (Å²) in [6.45, 7) is 12.3. The number of nitrogens with zero attached hydrogens (tertiary/aromatic N) is 4. The molecule has 0 aliphatic carbocycles. The van der Waals surface area contributed by atoms with E-state index in [9.17, 15) is 28.2 Å². The van der Waals surface area contributed by atoms with Gasteiger partial charge in [-0.15, -0.1) is 10.2 Å². The lowest BCUT2D eigenvalue weighted by atomic mass is 9.89. The summed E-state index contributed by atoms with van der Waals surface area (Å²) in [7, 11) is 0. The number of halogens is 3. The van der Waals surface area contributed by atoms with Crippen molar-refractivity contribution >= 4 is 11.6 Å². The van der Waals surface area contributed by atoms with Gasteiger partial charge in [0.1, 0.15) is 23.3 Å². The average molecular weight is 502 g/mol. The van der Waals surface area contributed by atoms with Gasteiger partial charge in [-0.2, -0.15) is 13.2 Å². The highest BCUT2D eigenvalue weighted by molar-refractivity contribution is 5.85. The standard InChI is InChI=1S/C24H21F3N4O5/c1-12(20-29-30-21(36-20)15-7-5-13(32)9-18(15)33)31-11-23(2,3)19(22(31)34)35-14-6-8-17(28-4)16(10-14)24(25,26)27/h5-10,12,19,32-33H,11H2,1-3H3. The Morgan fingerprint density at radius 3 is 2.58 bits per heavy atom. The zero-order valence-corrected chi connectivity index (χ0v) is 19.4. The highest BCUT2D eigenvalue weighted by atomic mass is 19.4. The fourth-order valence-corrected chi connectivity index (χ4v) is 4.02. The molecule has 2 heterocycles. The second-order valence-electron chi connectivity index (χ2n) is 9.06. The van der Waals surface area contributed by atoms with E-state index in [1.165, 1.54) is 23.1 Å². The minimum atomic E-state index is -4.75. The van der Waals surface area contributed by atoms with Crippen LogP contribution in [0.4, 0.5) is 18.9 Å². The molecule has 2 aromatic carbocycles. The number of phenols is 2. The lowest BCUT2D eigenvalue weighted by Crippen LogP contribution is -2.37. The Labute approximate surface area is 203 Å². The van der Waals surface area contributed by atoms with Crippen molar-refractivity contribution in [2.75, 3.05) is 6.54 Å². The molecule has 1 aromatic heterocycles. The predicted octanol–water partition coefficient (Wildman–Crippen LogP) is 5.09. The first kappa shape index (κ1) is 24.8. The van der Waals surface area contributed by atoms with Gasteiger partial charge in [-0.3, -0.25) is 4.79 Å². The number of aromatic hydroxyl groups is 2. The summed E-state index contributed by atoms with van der Waals surface area (Å²) in [5, 5.41) is 27.4. The van der Waals surface area contributed by atoms with Crippen molar-refractivity contribution in [3.05, 3.63) is 59.3 Å². The topological polar surface area (TPSA) is 113 Å². The van der Waals surface area contributed by atoms with Crippen molar-refractivity contribution < 1.29 is 37.3 Å². The van der Waals surface area contributed by atoms with Crippen LogP contribution in [0.1, 0.15) is 38.3 Å². The molecule has 9 nitrogen and oxygen atoms in total. The van der Waals surface area contributed by atoms with Crippen LogP contribution < -0.4 is 4.74 Å². The third-order valence-corrected chi connectivity index (χ3v) is 5.92. The number of aromatic nitrogens is 2. The van der Waals surface area contributed by atoms with Gasteiger partial charge in [0, 0.05) is 18.0 Å². The van der Waals surface area contributed by atoms with Gasteiger partial charge in [-0.1, -0.05) is 19.9 Å². The van der Waals surface area contributed by atoms with Gasteiger partial charge in [-0.05, 0) is 31.2 Å². The third kappa shape index (κ3) is 4.51. The van der Waals surface area contributed by atoms with Crippen molar-refractivity contribution in [2.45, 2.75) is 39.1 Å². The van der Waals surface area contributed by atoms with Gasteiger partial charge in [0.15, 0.2) is 11.8 Å². The van der Waals surface area contributed by atoms with Crippen LogP contribution in [0.3, 0.4) is 0 Å². The largest absolute Gasteiger partial charge is 0.508 e. The summed E-state index contributed by atoms with van der Waals surface area (Å²) < 4.78 is 51.5. The Bertz CT molecular complexity index is 1360. The normalized spacial score (nSPS) is 18.2. The minimum Gasteiger partial charge on any atom is -0.508 e. The number of benzene rings is 2. The molecule has 1 fully saturated rings. The van der Waals surface area contributed by atoms with Crippen LogP contribution in [-0.2, 0) is 11.0 Å². The van der Waals surface area contributed by atoms with E-state index in [0.717, 1.165) is 18.2 Å². The van der Waals surface area contributed by atoms with E-state index in [-0.39, 0.29) is 41.1 Å². The van der Waals surface area contributed by atoms with Crippen LogP contribution in [0.15, 0.2) is 40.8 Å². The molecule has 2 N–H and O–H groups in total. The summed E-state index contributed by atoms with van der Waals surface area (Å²) in [6, 6.07) is 6.11. The fourth-order valence-electron chi connectivity index (χ4n) is 4.02. The Morgan fingerprint density at radius 2 is 1.94 bits per heavy atom. The fraction of sp³-hybridized carbons (Fsp3) is 0.333. The second-order valence-corrected chi connectivity index (χ2v) is 9.06. The summed E-state index contributed by atoms with van der Waals surface area (Å²) >= 11 is 0. The molecule has 0 spiro atoms. The molecular formula is C24H21F3N4O5. The third-order valence-electron chi connectivity index (χ3n) is 5.92. The van der Waals surface area contributed by atoms with E-state index in [1.807, 2.05) is 0 Å². The van der Waals surface area contributed by atoms with Gasteiger partial charge < -0.3 is 24.3 Å². The number of ether oxygens (including phenoxy) is 1. The number of phenolic OH excluding ortho intramolecular Hbond substituents is 2. The number of alkyl halides is 3. The lowest BCUT2D eigenvalue weighted by molar-refractivity contribution is -0.137. The molecule has 0 saturated carbocycles. The molecule has 4 rings (SSSR count). The average Bonchev–Trinajstić information content (AvgIpc) is 3.37. The van der Waals surface area contributed by atoms with Crippen LogP contribution in [0.2, 0.25) is 0 Å². The molecule has 188 valence electrons. The Balaban J connectivity index is 1.57. The number of hydrogen-bond donors (Lipinski definition) is 2. The summed E-state index contributed by atoms with van der Waals surface area (Å²) in [5.41, 5.74) is -2.30. The van der Waals surface area contributed by atoms with Gasteiger partial charge in [0.25, 0.3) is 11.8 Å². The molecule has 1 saturated heterocycles. The summed E-state index contributed by atoms with van der Waals surface area (Å²) in [5.74, 6) is -1.03. The molecule has 0 radical (unpaired) electrons. The number of likely N-dealkylation sites (tertiary alicyclic amines) is 1. The van der Waals surface area contributed by atoms with E-state index < -0.39 is 40.9 Å². The molecular weight excluding hydrogens is 481 g/mol. The number of hydrogen-bond acceptors (Lipinski definition) is 7. The zero-order valence-electron chi connectivity index (χ0n) is 19.4. The van der Waals surface area contributed by atoms with Crippen LogP contribution in [0.5, 0.6) is 17.2 Å². The first-order chi connectivity index (χ1) is 16.8. The van der Waals surface area contributed by atoms with Gasteiger partial charge in [0.2, 0.25) is 5.89 Å². The molecule has 0 bridgehead atoms. The zero-order chi connectivity index (χ0) is 26.4. The molecule has 1 aliphatic heterocycles. The Hall–Kier alpha value is -4.27. The predicted molar refractivity (Wildman–Crippen MR) is 119 cm³/mol. The maximum atomic E-state index is 13.4. The first-order valence-corrected chi connectivity index (χ1v) is 10.7. The van der Waals surface area contributed by atoms with Crippen molar-refractivity contribution in [1.29, 1.82) is 0 Å². The van der Waals surface area contributed by atoms with Crippen molar-refractivity contribution in [2.24, 2.45) is 5.41 Å². The van der Waals surface area contributed by atoms with E-state index in [0.29, 0.717) is 0 Å². The number of amides is 1. The van der Waals surface area contributed by atoms with Crippen LogP contribution in [-0.4, -0.2) is 43.9 Å². The molecule has 1 aliphatic rings. The molecule has 3 aromatic rings.